The number of thiophene rings is 1. The van der Waals surface area contributed by atoms with E-state index >= 15 is 0 Å². The van der Waals surface area contributed by atoms with Gasteiger partial charge in [0, 0.05) is 6.42 Å². The van der Waals surface area contributed by atoms with Crippen LogP contribution in [0.2, 0.25) is 0 Å². The van der Waals surface area contributed by atoms with Gasteiger partial charge in [-0.3, -0.25) is 4.79 Å². The summed E-state index contributed by atoms with van der Waals surface area (Å²) in [4.78, 5) is 11.4. The first kappa shape index (κ1) is 13.5. The van der Waals surface area contributed by atoms with Gasteiger partial charge in [-0.25, -0.2) is 0 Å². The van der Waals surface area contributed by atoms with Gasteiger partial charge in [0.05, 0.1) is 0 Å². The number of alkyl halides is 3. The van der Waals surface area contributed by atoms with E-state index in [-0.39, 0.29) is 6.42 Å². The van der Waals surface area contributed by atoms with Crippen molar-refractivity contribution in [3.8, 4) is 5.06 Å². The van der Waals surface area contributed by atoms with Crippen molar-refractivity contribution in [2.75, 3.05) is 0 Å². The number of hydrogen-bond donors (Lipinski definition) is 1. The highest BCUT2D eigenvalue weighted by atomic mass is 35.6. The van der Waals surface area contributed by atoms with Crippen LogP contribution in [0.15, 0.2) is 17.5 Å². The standard InChI is InChI=1S/C8H7Cl3O2S2/c9-8(10,11)4-5(14)7(12)13-6-2-1-3-15-6/h1-3,5,14H,4H2. The van der Waals surface area contributed by atoms with E-state index in [4.69, 9.17) is 39.5 Å². The number of rotatable bonds is 3. The largest absolute Gasteiger partial charge is 0.415 e. The van der Waals surface area contributed by atoms with Gasteiger partial charge in [-0.05, 0) is 17.5 Å². The predicted octanol–water partition coefficient (Wildman–Crippen LogP) is 3.71. The van der Waals surface area contributed by atoms with Crippen molar-refractivity contribution in [2.24, 2.45) is 0 Å². The molecule has 84 valence electrons. The summed E-state index contributed by atoms with van der Waals surface area (Å²) in [6, 6.07) is 3.45. The summed E-state index contributed by atoms with van der Waals surface area (Å²) in [5.41, 5.74) is 0. The number of halogens is 3. The molecule has 0 aliphatic heterocycles. The lowest BCUT2D eigenvalue weighted by Crippen LogP contribution is -2.25. The number of carbonyl (C=O) groups is 1. The lowest BCUT2D eigenvalue weighted by atomic mass is 10.3. The summed E-state index contributed by atoms with van der Waals surface area (Å²) in [7, 11) is 0. The molecule has 0 radical (unpaired) electrons. The highest BCUT2D eigenvalue weighted by Gasteiger charge is 2.29. The van der Waals surface area contributed by atoms with E-state index in [0.717, 1.165) is 0 Å². The molecule has 0 saturated heterocycles. The van der Waals surface area contributed by atoms with Gasteiger partial charge in [-0.2, -0.15) is 12.6 Å². The van der Waals surface area contributed by atoms with E-state index in [2.05, 4.69) is 12.6 Å². The molecule has 0 aromatic carbocycles. The number of ether oxygens (including phenoxy) is 1. The monoisotopic (exact) mass is 304 g/mol. The Bertz CT molecular complexity index is 321. The van der Waals surface area contributed by atoms with Crippen LogP contribution >= 0.6 is 58.8 Å². The van der Waals surface area contributed by atoms with Gasteiger partial charge in [0.15, 0.2) is 8.86 Å². The molecule has 0 bridgehead atoms. The maximum absolute atomic E-state index is 11.4. The molecule has 0 spiro atoms. The van der Waals surface area contributed by atoms with Gasteiger partial charge in [0.2, 0.25) is 0 Å². The fourth-order valence-corrected chi connectivity index (χ4v) is 2.48. The first-order valence-electron chi connectivity index (χ1n) is 3.88. The lowest BCUT2D eigenvalue weighted by molar-refractivity contribution is -0.133. The topological polar surface area (TPSA) is 26.3 Å². The van der Waals surface area contributed by atoms with E-state index < -0.39 is 15.0 Å². The lowest BCUT2D eigenvalue weighted by Gasteiger charge is -2.14. The Morgan fingerprint density at radius 1 is 1.60 bits per heavy atom. The molecule has 1 heterocycles. The fourth-order valence-electron chi connectivity index (χ4n) is 0.791. The average molecular weight is 306 g/mol. The van der Waals surface area contributed by atoms with Crippen molar-refractivity contribution < 1.29 is 9.53 Å². The van der Waals surface area contributed by atoms with Crippen molar-refractivity contribution in [1.82, 2.24) is 0 Å². The number of carbonyl (C=O) groups excluding carboxylic acids is 1. The molecule has 1 atom stereocenters. The van der Waals surface area contributed by atoms with E-state index in [1.54, 1.807) is 17.5 Å². The zero-order chi connectivity index (χ0) is 11.5. The van der Waals surface area contributed by atoms with E-state index in [0.29, 0.717) is 5.06 Å². The van der Waals surface area contributed by atoms with Crippen molar-refractivity contribution in [3.05, 3.63) is 17.5 Å². The first-order chi connectivity index (χ1) is 6.88. The Morgan fingerprint density at radius 2 is 2.27 bits per heavy atom. The van der Waals surface area contributed by atoms with Crippen LogP contribution in [0.3, 0.4) is 0 Å². The second-order valence-electron chi connectivity index (χ2n) is 2.69. The minimum atomic E-state index is -1.50. The van der Waals surface area contributed by atoms with E-state index in [9.17, 15) is 4.79 Å². The minimum absolute atomic E-state index is 0.00495. The Balaban J connectivity index is 2.47. The van der Waals surface area contributed by atoms with Gasteiger partial charge in [-0.15, -0.1) is 11.3 Å². The molecule has 0 aliphatic rings. The van der Waals surface area contributed by atoms with Crippen molar-refractivity contribution in [1.29, 1.82) is 0 Å². The van der Waals surface area contributed by atoms with E-state index in [1.807, 2.05) is 0 Å². The molecule has 1 rings (SSSR count). The molecule has 0 amide bonds. The Kier molecular flexibility index (Phi) is 5.06. The molecule has 0 N–H and O–H groups in total. The summed E-state index contributed by atoms with van der Waals surface area (Å²) in [6.45, 7) is 0. The third-order valence-electron chi connectivity index (χ3n) is 1.39. The minimum Gasteiger partial charge on any atom is -0.415 e. The molecule has 0 saturated carbocycles. The van der Waals surface area contributed by atoms with Gasteiger partial charge in [0.1, 0.15) is 5.25 Å². The van der Waals surface area contributed by atoms with E-state index in [1.165, 1.54) is 11.3 Å². The van der Waals surface area contributed by atoms with Crippen molar-refractivity contribution in [3.63, 3.8) is 0 Å². The van der Waals surface area contributed by atoms with Gasteiger partial charge in [-0.1, -0.05) is 34.8 Å². The van der Waals surface area contributed by atoms with Gasteiger partial charge >= 0.3 is 5.97 Å². The molecular weight excluding hydrogens is 299 g/mol. The maximum atomic E-state index is 11.4. The fraction of sp³-hybridized carbons (Fsp3) is 0.375. The van der Waals surface area contributed by atoms with Crippen LogP contribution in [0.1, 0.15) is 6.42 Å². The molecule has 2 nitrogen and oxygen atoms in total. The average Bonchev–Trinajstić information content (AvgIpc) is 2.53. The van der Waals surface area contributed by atoms with Crippen molar-refractivity contribution >= 4 is 64.7 Å². The Morgan fingerprint density at radius 3 is 2.73 bits per heavy atom. The molecule has 15 heavy (non-hydrogen) atoms. The highest BCUT2D eigenvalue weighted by Crippen LogP contribution is 2.33. The predicted molar refractivity (Wildman–Crippen MR) is 67.6 cm³/mol. The Labute approximate surface area is 112 Å². The number of esters is 1. The summed E-state index contributed by atoms with van der Waals surface area (Å²) in [5.74, 6) is -0.521. The SMILES string of the molecule is O=C(Oc1cccs1)C(S)CC(Cl)(Cl)Cl. The smallest absolute Gasteiger partial charge is 0.325 e. The Hall–Kier alpha value is 0.390. The summed E-state index contributed by atoms with van der Waals surface area (Å²) >= 11 is 21.9. The van der Waals surface area contributed by atoms with Crippen LogP contribution < -0.4 is 4.74 Å². The normalized spacial score (nSPS) is 13.6. The molecule has 1 aromatic rings. The maximum Gasteiger partial charge on any atom is 0.325 e. The van der Waals surface area contributed by atoms with Crippen LogP contribution in [-0.2, 0) is 4.79 Å². The zero-order valence-corrected chi connectivity index (χ0v) is 11.3. The van der Waals surface area contributed by atoms with Gasteiger partial charge < -0.3 is 4.74 Å². The molecule has 1 unspecified atom stereocenters. The third-order valence-corrected chi connectivity index (χ3v) is 2.99. The second-order valence-corrected chi connectivity index (χ2v) is 6.74. The second kappa shape index (κ2) is 5.64. The molecule has 1 aromatic heterocycles. The summed E-state index contributed by atoms with van der Waals surface area (Å²) in [5, 5.41) is 1.55. The van der Waals surface area contributed by atoms with Gasteiger partial charge in [0.25, 0.3) is 0 Å². The molecular formula is C8H7Cl3O2S2. The van der Waals surface area contributed by atoms with Crippen LogP contribution in [0.5, 0.6) is 5.06 Å². The third kappa shape index (κ3) is 5.31. The van der Waals surface area contributed by atoms with Crippen LogP contribution in [0.4, 0.5) is 0 Å². The van der Waals surface area contributed by atoms with Crippen molar-refractivity contribution in [2.45, 2.75) is 15.5 Å². The molecule has 7 heteroatoms. The zero-order valence-electron chi connectivity index (χ0n) is 7.32. The highest BCUT2D eigenvalue weighted by molar-refractivity contribution is 7.81. The number of thiol groups is 1. The van der Waals surface area contributed by atoms with Crippen LogP contribution in [-0.4, -0.2) is 15.0 Å². The molecule has 0 aliphatic carbocycles. The number of hydrogen-bond acceptors (Lipinski definition) is 4. The van der Waals surface area contributed by atoms with Crippen LogP contribution in [0.25, 0.3) is 0 Å². The summed E-state index contributed by atoms with van der Waals surface area (Å²) in [6.07, 6.45) is 0.00495. The quantitative estimate of drug-likeness (QED) is 0.523. The summed E-state index contributed by atoms with van der Waals surface area (Å²) < 4.78 is 3.49. The van der Waals surface area contributed by atoms with Crippen LogP contribution in [0, 0.1) is 0 Å². The first-order valence-corrected chi connectivity index (χ1v) is 6.41. The molecule has 0 fully saturated rings.